The Morgan fingerprint density at radius 3 is 2.85 bits per heavy atom. The molecule has 0 aliphatic carbocycles. The number of rotatable bonds is 2. The maximum Gasteiger partial charge on any atom is 0.265 e. The van der Waals surface area contributed by atoms with Crippen LogP contribution in [-0.4, -0.2) is 11.6 Å². The maximum absolute atomic E-state index is 12.3. The molecule has 0 bridgehead atoms. The molecule has 1 aliphatic heterocycles. The molecule has 1 unspecified atom stereocenters. The number of epoxide rings is 1. The van der Waals surface area contributed by atoms with E-state index in [2.05, 4.69) is 4.98 Å². The minimum atomic E-state index is -2.56. The number of hydrogen-bond donors (Lipinski definition) is 0. The van der Waals surface area contributed by atoms with Crippen molar-refractivity contribution in [3.8, 4) is 0 Å². The lowest BCUT2D eigenvalue weighted by molar-refractivity contribution is 0.151. The number of ether oxygens (including phenoxy) is 1. The van der Waals surface area contributed by atoms with Gasteiger partial charge in [0.15, 0.2) is 0 Å². The molecule has 2 rings (SSSR count). The molecule has 1 atom stereocenters. The highest BCUT2D eigenvalue weighted by Gasteiger charge is 2.27. The minimum absolute atomic E-state index is 0.000556. The van der Waals surface area contributed by atoms with Gasteiger partial charge in [0, 0.05) is 11.8 Å². The van der Waals surface area contributed by atoms with E-state index in [4.69, 9.17) is 16.3 Å². The fourth-order valence-corrected chi connectivity index (χ4v) is 1.22. The lowest BCUT2D eigenvalue weighted by atomic mass is 10.2. The molecule has 2 nitrogen and oxygen atoms in total. The van der Waals surface area contributed by atoms with Crippen molar-refractivity contribution >= 4 is 11.6 Å². The quantitative estimate of drug-likeness (QED) is 0.694. The Balaban J connectivity index is 2.36. The van der Waals surface area contributed by atoms with Crippen LogP contribution in [0.2, 0.25) is 5.02 Å². The first kappa shape index (κ1) is 8.84. The predicted molar refractivity (Wildman–Crippen MR) is 42.9 cm³/mol. The van der Waals surface area contributed by atoms with E-state index in [0.29, 0.717) is 12.3 Å². The molecule has 0 saturated carbocycles. The molecule has 1 aliphatic rings. The Morgan fingerprint density at radius 2 is 2.31 bits per heavy atom. The largest absolute Gasteiger partial charge is 0.366 e. The van der Waals surface area contributed by atoms with Gasteiger partial charge >= 0.3 is 0 Å². The molecule has 1 saturated heterocycles. The summed E-state index contributed by atoms with van der Waals surface area (Å²) in [7, 11) is 0. The van der Waals surface area contributed by atoms with Crippen molar-refractivity contribution < 1.29 is 13.5 Å². The fraction of sp³-hybridized carbons (Fsp3) is 0.375. The van der Waals surface area contributed by atoms with Crippen molar-refractivity contribution in [3.05, 3.63) is 28.5 Å². The van der Waals surface area contributed by atoms with Gasteiger partial charge in [-0.1, -0.05) is 11.6 Å². The number of nitrogens with zero attached hydrogens (tertiary/aromatic N) is 1. The van der Waals surface area contributed by atoms with Crippen LogP contribution in [0.4, 0.5) is 8.78 Å². The molecular weight excluding hydrogens is 200 g/mol. The molecule has 0 radical (unpaired) electrons. The topological polar surface area (TPSA) is 25.4 Å². The molecule has 0 amide bonds. The second-order valence-corrected chi connectivity index (χ2v) is 3.16. The van der Waals surface area contributed by atoms with Gasteiger partial charge in [0.25, 0.3) is 6.43 Å². The normalized spacial score (nSPS) is 20.8. The molecule has 2 heterocycles. The van der Waals surface area contributed by atoms with E-state index in [1.807, 2.05) is 0 Å². The molecule has 0 aromatic carbocycles. The van der Waals surface area contributed by atoms with E-state index in [1.54, 1.807) is 0 Å². The summed E-state index contributed by atoms with van der Waals surface area (Å²) in [6.07, 6.45) is -1.44. The zero-order chi connectivity index (χ0) is 9.42. The smallest absolute Gasteiger partial charge is 0.265 e. The average molecular weight is 206 g/mol. The monoisotopic (exact) mass is 205 g/mol. The number of pyridine rings is 1. The second-order valence-electron chi connectivity index (χ2n) is 2.75. The van der Waals surface area contributed by atoms with Crippen molar-refractivity contribution in [2.75, 3.05) is 6.61 Å². The zero-order valence-corrected chi connectivity index (χ0v) is 7.26. The summed E-state index contributed by atoms with van der Waals surface area (Å²) in [6.45, 7) is 0.553. The first-order valence-corrected chi connectivity index (χ1v) is 4.11. The van der Waals surface area contributed by atoms with Gasteiger partial charge in [-0.05, 0) is 6.07 Å². The molecular formula is C8H6ClF2NO. The molecule has 1 aromatic heterocycles. The van der Waals surface area contributed by atoms with E-state index >= 15 is 0 Å². The molecule has 1 aromatic rings. The van der Waals surface area contributed by atoms with Gasteiger partial charge < -0.3 is 4.74 Å². The number of aromatic nitrogens is 1. The first-order chi connectivity index (χ1) is 6.18. The summed E-state index contributed by atoms with van der Waals surface area (Å²) in [4.78, 5) is 3.89. The van der Waals surface area contributed by atoms with Crippen LogP contribution >= 0.6 is 11.6 Å². The van der Waals surface area contributed by atoms with Crippen molar-refractivity contribution in [2.45, 2.75) is 12.5 Å². The van der Waals surface area contributed by atoms with Crippen LogP contribution in [0.3, 0.4) is 0 Å². The van der Waals surface area contributed by atoms with E-state index in [9.17, 15) is 8.78 Å². The van der Waals surface area contributed by atoms with Crippen LogP contribution in [0.1, 0.15) is 23.8 Å². The third kappa shape index (κ3) is 1.78. The highest BCUT2D eigenvalue weighted by atomic mass is 35.5. The lowest BCUT2D eigenvalue weighted by Crippen LogP contribution is -1.93. The molecule has 70 valence electrons. The van der Waals surface area contributed by atoms with Crippen LogP contribution in [0.15, 0.2) is 12.3 Å². The second kappa shape index (κ2) is 3.20. The molecule has 0 N–H and O–H groups in total. The van der Waals surface area contributed by atoms with E-state index in [1.165, 1.54) is 12.3 Å². The SMILES string of the molecule is FC(F)c1cc(C2CO2)ncc1Cl. The van der Waals surface area contributed by atoms with Gasteiger partial charge in [-0.25, -0.2) is 8.78 Å². The molecule has 0 spiro atoms. The van der Waals surface area contributed by atoms with Gasteiger partial charge in [0.2, 0.25) is 0 Å². The summed E-state index contributed by atoms with van der Waals surface area (Å²) < 4.78 is 29.6. The van der Waals surface area contributed by atoms with Gasteiger partial charge in [-0.3, -0.25) is 4.98 Å². The Morgan fingerprint density at radius 1 is 1.62 bits per heavy atom. The standard InChI is InChI=1S/C8H6ClF2NO/c9-5-2-12-6(7-3-13-7)1-4(5)8(10)11/h1-2,7-8H,3H2. The Labute approximate surface area is 78.5 Å². The summed E-state index contributed by atoms with van der Waals surface area (Å²) >= 11 is 5.53. The minimum Gasteiger partial charge on any atom is -0.366 e. The van der Waals surface area contributed by atoms with Crippen molar-refractivity contribution in [1.29, 1.82) is 0 Å². The van der Waals surface area contributed by atoms with E-state index in [0.717, 1.165) is 0 Å². The third-order valence-corrected chi connectivity index (χ3v) is 2.12. The van der Waals surface area contributed by atoms with Crippen LogP contribution in [0.25, 0.3) is 0 Å². The summed E-state index contributed by atoms with van der Waals surface area (Å²) in [6, 6.07) is 1.30. The van der Waals surface area contributed by atoms with E-state index < -0.39 is 6.43 Å². The number of hydrogen-bond acceptors (Lipinski definition) is 2. The fourth-order valence-electron chi connectivity index (χ4n) is 1.03. The first-order valence-electron chi connectivity index (χ1n) is 3.73. The summed E-state index contributed by atoms with van der Waals surface area (Å²) in [5.41, 5.74) is 0.349. The maximum atomic E-state index is 12.3. The lowest BCUT2D eigenvalue weighted by Gasteiger charge is -2.03. The summed E-state index contributed by atoms with van der Waals surface area (Å²) in [5.74, 6) is 0. The van der Waals surface area contributed by atoms with Gasteiger partial charge in [0.1, 0.15) is 6.10 Å². The highest BCUT2D eigenvalue weighted by Crippen LogP contribution is 2.33. The van der Waals surface area contributed by atoms with Gasteiger partial charge in [-0.15, -0.1) is 0 Å². The zero-order valence-electron chi connectivity index (χ0n) is 6.51. The van der Waals surface area contributed by atoms with Crippen LogP contribution in [0.5, 0.6) is 0 Å². The predicted octanol–water partition coefficient (Wildman–Crippen LogP) is 2.74. The van der Waals surface area contributed by atoms with E-state index in [-0.39, 0.29) is 16.7 Å². The Hall–Kier alpha value is -0.740. The number of halogens is 3. The van der Waals surface area contributed by atoms with Crippen LogP contribution in [0, 0.1) is 0 Å². The highest BCUT2D eigenvalue weighted by molar-refractivity contribution is 6.31. The third-order valence-electron chi connectivity index (χ3n) is 1.80. The Kier molecular flexibility index (Phi) is 2.17. The summed E-state index contributed by atoms with van der Waals surface area (Å²) in [5, 5.41) is -0.000556. The van der Waals surface area contributed by atoms with Crippen molar-refractivity contribution in [2.24, 2.45) is 0 Å². The average Bonchev–Trinajstić information content (AvgIpc) is 2.87. The van der Waals surface area contributed by atoms with Gasteiger partial charge in [0.05, 0.1) is 17.3 Å². The Bertz CT molecular complexity index is 328. The molecule has 13 heavy (non-hydrogen) atoms. The van der Waals surface area contributed by atoms with Crippen molar-refractivity contribution in [3.63, 3.8) is 0 Å². The number of alkyl halides is 2. The van der Waals surface area contributed by atoms with Crippen LogP contribution in [-0.2, 0) is 4.74 Å². The molecule has 1 fully saturated rings. The molecule has 5 heteroatoms. The van der Waals surface area contributed by atoms with Crippen molar-refractivity contribution in [1.82, 2.24) is 4.98 Å². The van der Waals surface area contributed by atoms with Gasteiger partial charge in [-0.2, -0.15) is 0 Å². The van der Waals surface area contributed by atoms with Crippen LogP contribution < -0.4 is 0 Å².